The van der Waals surface area contributed by atoms with Crippen LogP contribution in [0.1, 0.15) is 43.3 Å². The predicted molar refractivity (Wildman–Crippen MR) is 83.3 cm³/mol. The van der Waals surface area contributed by atoms with Crippen LogP contribution < -0.4 is 5.32 Å². The van der Waals surface area contributed by atoms with E-state index in [4.69, 9.17) is 4.42 Å². The molecule has 0 aliphatic carbocycles. The Kier molecular flexibility index (Phi) is 5.26. The smallest absolute Gasteiger partial charge is 0.261 e. The van der Waals surface area contributed by atoms with Gasteiger partial charge in [-0.2, -0.15) is 0 Å². The van der Waals surface area contributed by atoms with E-state index in [2.05, 4.69) is 48.4 Å². The van der Waals surface area contributed by atoms with Gasteiger partial charge in [0.2, 0.25) is 0 Å². The third-order valence-electron chi connectivity index (χ3n) is 3.29. The van der Waals surface area contributed by atoms with Crippen LogP contribution in [0.3, 0.4) is 0 Å². The minimum absolute atomic E-state index is 0.329. The molecule has 1 unspecified atom stereocenters. The van der Waals surface area contributed by atoms with Crippen LogP contribution in [-0.4, -0.2) is 11.5 Å². The van der Waals surface area contributed by atoms with Crippen LogP contribution in [0.4, 0.5) is 0 Å². The molecule has 108 valence electrons. The van der Waals surface area contributed by atoms with Crippen LogP contribution in [0.25, 0.3) is 0 Å². The van der Waals surface area contributed by atoms with Gasteiger partial charge in [-0.1, -0.05) is 25.1 Å². The number of aryl methyl sites for hydroxylation is 2. The number of oxazole rings is 1. The normalized spacial score (nSPS) is 12.6. The van der Waals surface area contributed by atoms with Crippen molar-refractivity contribution in [2.45, 2.75) is 50.3 Å². The summed E-state index contributed by atoms with van der Waals surface area (Å²) >= 11 is 1.59. The Morgan fingerprint density at radius 3 is 2.70 bits per heavy atom. The van der Waals surface area contributed by atoms with Gasteiger partial charge in [-0.15, -0.1) is 0 Å². The van der Waals surface area contributed by atoms with Crippen LogP contribution >= 0.6 is 11.8 Å². The molecule has 3 nitrogen and oxygen atoms in total. The molecule has 0 saturated heterocycles. The average Bonchev–Trinajstić information content (AvgIpc) is 2.75. The van der Waals surface area contributed by atoms with Gasteiger partial charge in [0.05, 0.1) is 5.69 Å². The molecule has 0 spiro atoms. The molecule has 2 rings (SSSR count). The first-order valence-electron chi connectivity index (χ1n) is 7.06. The Hall–Kier alpha value is -1.26. The van der Waals surface area contributed by atoms with E-state index >= 15 is 0 Å². The lowest BCUT2D eigenvalue weighted by Gasteiger charge is -2.16. The summed E-state index contributed by atoms with van der Waals surface area (Å²) in [6.45, 7) is 9.32. The first-order valence-corrected chi connectivity index (χ1v) is 7.87. The van der Waals surface area contributed by atoms with Crippen LogP contribution in [0.5, 0.6) is 0 Å². The topological polar surface area (TPSA) is 38.1 Å². The number of hydrogen-bond acceptors (Lipinski definition) is 4. The fourth-order valence-corrected chi connectivity index (χ4v) is 3.03. The highest BCUT2D eigenvalue weighted by Crippen LogP contribution is 2.33. The molecule has 0 fully saturated rings. The quantitative estimate of drug-likeness (QED) is 0.850. The van der Waals surface area contributed by atoms with Crippen molar-refractivity contribution in [1.29, 1.82) is 0 Å². The van der Waals surface area contributed by atoms with E-state index in [1.807, 2.05) is 13.8 Å². The zero-order valence-corrected chi connectivity index (χ0v) is 13.4. The van der Waals surface area contributed by atoms with Crippen molar-refractivity contribution in [2.75, 3.05) is 6.54 Å². The molecule has 0 saturated carbocycles. The van der Waals surface area contributed by atoms with Crippen molar-refractivity contribution >= 4 is 11.8 Å². The summed E-state index contributed by atoms with van der Waals surface area (Å²) in [6, 6.07) is 8.75. The second-order valence-electron chi connectivity index (χ2n) is 4.94. The Labute approximate surface area is 125 Å². The maximum Gasteiger partial charge on any atom is 0.261 e. The van der Waals surface area contributed by atoms with Crippen molar-refractivity contribution in [1.82, 2.24) is 10.3 Å². The molecule has 4 heteroatoms. The lowest BCUT2D eigenvalue weighted by molar-refractivity contribution is 0.431. The summed E-state index contributed by atoms with van der Waals surface area (Å²) in [4.78, 5) is 5.64. The molecule has 0 radical (unpaired) electrons. The van der Waals surface area contributed by atoms with Crippen LogP contribution in [0.15, 0.2) is 38.8 Å². The van der Waals surface area contributed by atoms with Gasteiger partial charge in [-0.25, -0.2) is 4.98 Å². The van der Waals surface area contributed by atoms with Crippen molar-refractivity contribution in [3.63, 3.8) is 0 Å². The number of nitrogens with one attached hydrogen (secondary N) is 1. The van der Waals surface area contributed by atoms with Gasteiger partial charge in [0.1, 0.15) is 5.76 Å². The van der Waals surface area contributed by atoms with Crippen molar-refractivity contribution in [2.24, 2.45) is 0 Å². The number of nitrogens with zero attached hydrogens (tertiary/aromatic N) is 1. The monoisotopic (exact) mass is 290 g/mol. The summed E-state index contributed by atoms with van der Waals surface area (Å²) in [5.41, 5.74) is 2.25. The fraction of sp³-hybridized carbons (Fsp3) is 0.438. The van der Waals surface area contributed by atoms with E-state index in [0.717, 1.165) is 29.6 Å². The molecule has 1 aromatic heterocycles. The number of rotatable bonds is 6. The van der Waals surface area contributed by atoms with Gasteiger partial charge in [0.25, 0.3) is 5.22 Å². The largest absolute Gasteiger partial charge is 0.436 e. The molecule has 0 amide bonds. The van der Waals surface area contributed by atoms with Crippen LogP contribution in [0, 0.1) is 13.8 Å². The second kappa shape index (κ2) is 6.95. The number of benzene rings is 1. The summed E-state index contributed by atoms with van der Waals surface area (Å²) in [7, 11) is 0. The average molecular weight is 290 g/mol. The summed E-state index contributed by atoms with van der Waals surface area (Å²) < 4.78 is 5.67. The molecule has 1 aromatic carbocycles. The molecular weight excluding hydrogens is 268 g/mol. The molecule has 2 aromatic rings. The Morgan fingerprint density at radius 1 is 1.30 bits per heavy atom. The summed E-state index contributed by atoms with van der Waals surface area (Å²) in [5.74, 6) is 0.891. The highest BCUT2D eigenvalue weighted by molar-refractivity contribution is 7.99. The zero-order valence-electron chi connectivity index (χ0n) is 12.6. The van der Waals surface area contributed by atoms with Crippen molar-refractivity contribution < 1.29 is 4.42 Å². The van der Waals surface area contributed by atoms with Crippen molar-refractivity contribution in [3.05, 3.63) is 41.3 Å². The highest BCUT2D eigenvalue weighted by Gasteiger charge is 2.13. The van der Waals surface area contributed by atoms with Gasteiger partial charge in [-0.05, 0) is 57.1 Å². The zero-order chi connectivity index (χ0) is 14.5. The van der Waals surface area contributed by atoms with Gasteiger partial charge < -0.3 is 9.73 Å². The third kappa shape index (κ3) is 3.64. The minimum atomic E-state index is 0.329. The second-order valence-corrected chi connectivity index (χ2v) is 5.93. The van der Waals surface area contributed by atoms with Crippen LogP contribution in [0.2, 0.25) is 0 Å². The molecule has 1 heterocycles. The van der Waals surface area contributed by atoms with Gasteiger partial charge in [-0.3, -0.25) is 0 Å². The molecule has 20 heavy (non-hydrogen) atoms. The number of hydrogen-bond donors (Lipinski definition) is 1. The molecule has 0 bridgehead atoms. The first kappa shape index (κ1) is 15.1. The van der Waals surface area contributed by atoms with E-state index in [1.165, 1.54) is 10.5 Å². The van der Waals surface area contributed by atoms with Crippen LogP contribution in [-0.2, 0) is 0 Å². The maximum absolute atomic E-state index is 5.67. The van der Waals surface area contributed by atoms with E-state index in [9.17, 15) is 0 Å². The maximum atomic E-state index is 5.67. The van der Waals surface area contributed by atoms with Crippen molar-refractivity contribution in [3.8, 4) is 0 Å². The van der Waals surface area contributed by atoms with E-state index < -0.39 is 0 Å². The van der Waals surface area contributed by atoms with E-state index in [1.54, 1.807) is 11.8 Å². The Balaban J connectivity index is 2.19. The Morgan fingerprint density at radius 2 is 2.05 bits per heavy atom. The summed E-state index contributed by atoms with van der Waals surface area (Å²) in [5, 5.41) is 4.24. The lowest BCUT2D eigenvalue weighted by atomic mass is 10.1. The van der Waals surface area contributed by atoms with E-state index in [0.29, 0.717) is 6.04 Å². The molecule has 1 N–H and O–H groups in total. The van der Waals surface area contributed by atoms with E-state index in [-0.39, 0.29) is 0 Å². The molecule has 0 aliphatic heterocycles. The fourth-order valence-electron chi connectivity index (χ4n) is 1.98. The summed E-state index contributed by atoms with van der Waals surface area (Å²) in [6.07, 6.45) is 1.14. The SMILES string of the molecule is CCCNC(C)c1ccccc1Sc1nc(C)c(C)o1. The number of aromatic nitrogens is 1. The molecular formula is C16H22N2OS. The Bertz CT molecular complexity index is 546. The minimum Gasteiger partial charge on any atom is -0.436 e. The van der Waals surface area contributed by atoms with Gasteiger partial charge in [0.15, 0.2) is 0 Å². The van der Waals surface area contributed by atoms with Gasteiger partial charge in [0, 0.05) is 10.9 Å². The predicted octanol–water partition coefficient (Wildman–Crippen LogP) is 4.50. The highest BCUT2D eigenvalue weighted by atomic mass is 32.2. The van der Waals surface area contributed by atoms with Gasteiger partial charge >= 0.3 is 0 Å². The standard InChI is InChI=1S/C16H22N2OS/c1-5-10-17-12(3)14-8-6-7-9-15(14)20-16-18-11(2)13(4)19-16/h6-9,12,17H,5,10H2,1-4H3. The lowest BCUT2D eigenvalue weighted by Crippen LogP contribution is -2.19. The third-order valence-corrected chi connectivity index (χ3v) is 4.23. The molecule has 0 aliphatic rings. The molecule has 1 atom stereocenters. The first-order chi connectivity index (χ1) is 9.61.